The summed E-state index contributed by atoms with van der Waals surface area (Å²) < 4.78 is 5.34. The molecule has 0 radical (unpaired) electrons. The van der Waals surface area contributed by atoms with Crippen LogP contribution in [0.25, 0.3) is 0 Å². The molecule has 0 aromatic heterocycles. The average Bonchev–Trinajstić information content (AvgIpc) is 2.27. The summed E-state index contributed by atoms with van der Waals surface area (Å²) >= 11 is 6.04. The van der Waals surface area contributed by atoms with Crippen LogP contribution in [0.15, 0.2) is 0 Å². The zero-order valence-electron chi connectivity index (χ0n) is 9.36. The van der Waals surface area contributed by atoms with E-state index in [-0.39, 0.29) is 29.5 Å². The van der Waals surface area contributed by atoms with Crippen LogP contribution in [0.2, 0.25) is 0 Å². The first-order chi connectivity index (χ1) is 7.61. The summed E-state index contributed by atoms with van der Waals surface area (Å²) in [6.45, 7) is 0. The van der Waals surface area contributed by atoms with Gasteiger partial charge >= 0.3 is 5.97 Å². The molecule has 0 bridgehead atoms. The van der Waals surface area contributed by atoms with Crippen molar-refractivity contribution in [2.24, 2.45) is 11.8 Å². The number of aliphatic carboxylic acids is 1. The summed E-state index contributed by atoms with van der Waals surface area (Å²) in [5.41, 5.74) is -0.207. The van der Waals surface area contributed by atoms with Gasteiger partial charge in [-0.15, -0.1) is 11.6 Å². The predicted octanol–water partition coefficient (Wildman–Crippen LogP) is 1.43. The Hall–Kier alpha value is -0.320. The molecule has 2 N–H and O–H groups in total. The van der Waals surface area contributed by atoms with Crippen molar-refractivity contribution in [1.29, 1.82) is 0 Å². The number of fused-ring (bicyclic) bond motifs is 1. The maximum absolute atomic E-state index is 11.2. The van der Waals surface area contributed by atoms with Gasteiger partial charge in [-0.25, -0.2) is 0 Å². The fraction of sp³-hybridized carbons (Fsp3) is 0.909. The third kappa shape index (κ3) is 2.34. The van der Waals surface area contributed by atoms with Crippen LogP contribution < -0.4 is 5.32 Å². The number of carbonyl (C=O) groups is 1. The molecule has 1 heterocycles. The van der Waals surface area contributed by atoms with Gasteiger partial charge in [0, 0.05) is 13.2 Å². The van der Waals surface area contributed by atoms with E-state index in [1.165, 1.54) is 0 Å². The molecule has 0 unspecified atom stereocenters. The van der Waals surface area contributed by atoms with Gasteiger partial charge in [0.1, 0.15) is 0 Å². The van der Waals surface area contributed by atoms with Crippen LogP contribution >= 0.6 is 11.6 Å². The van der Waals surface area contributed by atoms with Gasteiger partial charge in [0.05, 0.1) is 17.5 Å². The van der Waals surface area contributed by atoms with E-state index < -0.39 is 5.97 Å². The molecule has 1 saturated heterocycles. The van der Waals surface area contributed by atoms with E-state index in [0.29, 0.717) is 6.42 Å². The van der Waals surface area contributed by atoms with Crippen molar-refractivity contribution in [2.75, 3.05) is 7.11 Å². The van der Waals surface area contributed by atoms with Crippen molar-refractivity contribution in [1.82, 2.24) is 5.32 Å². The smallest absolute Gasteiger partial charge is 0.306 e. The van der Waals surface area contributed by atoms with Crippen LogP contribution in [0.4, 0.5) is 0 Å². The molecule has 0 amide bonds. The number of methoxy groups -OCH3 is 1. The highest BCUT2D eigenvalue weighted by molar-refractivity contribution is 6.20. The lowest BCUT2D eigenvalue weighted by atomic mass is 9.72. The third-order valence-electron chi connectivity index (χ3n) is 3.87. The minimum Gasteiger partial charge on any atom is -0.481 e. The normalized spacial score (nSPS) is 43.8. The SMILES string of the molecule is CO[C@@H]1CC[C@@H]2N[C@H](Cl)C[C@@H](C(=O)O)[C@@H]2C1. The van der Waals surface area contributed by atoms with Crippen LogP contribution in [-0.4, -0.2) is 35.8 Å². The molecule has 1 aliphatic heterocycles. The second-order valence-corrected chi connectivity index (χ2v) is 5.28. The summed E-state index contributed by atoms with van der Waals surface area (Å²) in [5, 5.41) is 12.5. The Bertz CT molecular complexity index is 274. The molecule has 2 rings (SSSR count). The summed E-state index contributed by atoms with van der Waals surface area (Å²) in [5.74, 6) is -0.892. The highest BCUT2D eigenvalue weighted by Crippen LogP contribution is 2.38. The molecular formula is C11H18ClNO3. The van der Waals surface area contributed by atoms with E-state index in [4.69, 9.17) is 16.3 Å². The standard InChI is InChI=1S/C11H18ClNO3/c1-16-6-2-3-9-7(4-6)8(11(14)15)5-10(12)13-9/h6-10,13H,2-5H2,1H3,(H,14,15)/t6-,7+,8-,9+,10+/m1/s1. The van der Waals surface area contributed by atoms with Crippen molar-refractivity contribution in [3.05, 3.63) is 0 Å². The Morgan fingerprint density at radius 2 is 2.19 bits per heavy atom. The molecule has 5 atom stereocenters. The Kier molecular flexibility index (Phi) is 3.72. The fourth-order valence-corrected chi connectivity index (χ4v) is 3.37. The molecule has 1 aliphatic carbocycles. The topological polar surface area (TPSA) is 58.6 Å². The molecule has 0 aromatic rings. The molecule has 16 heavy (non-hydrogen) atoms. The van der Waals surface area contributed by atoms with Crippen LogP contribution in [0, 0.1) is 11.8 Å². The Balaban J connectivity index is 2.10. The molecule has 2 aliphatic rings. The number of hydrogen-bond acceptors (Lipinski definition) is 3. The van der Waals surface area contributed by atoms with Gasteiger partial charge in [0.2, 0.25) is 0 Å². The quantitative estimate of drug-likeness (QED) is 0.573. The second-order valence-electron chi connectivity index (χ2n) is 4.76. The number of carboxylic acids is 1. The van der Waals surface area contributed by atoms with Gasteiger partial charge < -0.3 is 9.84 Å². The van der Waals surface area contributed by atoms with Crippen LogP contribution in [0.3, 0.4) is 0 Å². The lowest BCUT2D eigenvalue weighted by molar-refractivity contribution is -0.147. The van der Waals surface area contributed by atoms with E-state index in [1.54, 1.807) is 7.11 Å². The fourth-order valence-electron chi connectivity index (χ4n) is 3.01. The van der Waals surface area contributed by atoms with E-state index in [0.717, 1.165) is 19.3 Å². The lowest BCUT2D eigenvalue weighted by Gasteiger charge is -2.44. The highest BCUT2D eigenvalue weighted by atomic mass is 35.5. The van der Waals surface area contributed by atoms with Gasteiger partial charge in [-0.2, -0.15) is 0 Å². The summed E-state index contributed by atoms with van der Waals surface area (Å²) in [6.07, 6.45) is 3.48. The first-order valence-corrected chi connectivity index (χ1v) is 6.21. The van der Waals surface area contributed by atoms with Gasteiger partial charge in [-0.05, 0) is 31.6 Å². The van der Waals surface area contributed by atoms with Crippen LogP contribution in [0.5, 0.6) is 0 Å². The molecule has 2 fully saturated rings. The van der Waals surface area contributed by atoms with Crippen molar-refractivity contribution < 1.29 is 14.6 Å². The number of alkyl halides is 1. The zero-order valence-corrected chi connectivity index (χ0v) is 10.1. The van der Waals surface area contributed by atoms with Gasteiger partial charge in [0.25, 0.3) is 0 Å². The number of halogens is 1. The third-order valence-corrected chi connectivity index (χ3v) is 4.18. The predicted molar refractivity (Wildman–Crippen MR) is 60.4 cm³/mol. The second kappa shape index (κ2) is 4.90. The Morgan fingerprint density at radius 1 is 1.44 bits per heavy atom. The molecular weight excluding hydrogens is 230 g/mol. The van der Waals surface area contributed by atoms with E-state index in [2.05, 4.69) is 5.32 Å². The molecule has 5 heteroatoms. The first kappa shape index (κ1) is 12.1. The largest absolute Gasteiger partial charge is 0.481 e. The van der Waals surface area contributed by atoms with Crippen molar-refractivity contribution >= 4 is 17.6 Å². The van der Waals surface area contributed by atoms with Crippen LogP contribution in [0.1, 0.15) is 25.7 Å². The first-order valence-electron chi connectivity index (χ1n) is 5.77. The van der Waals surface area contributed by atoms with E-state index in [9.17, 15) is 9.90 Å². The Morgan fingerprint density at radius 3 is 2.81 bits per heavy atom. The number of ether oxygens (including phenoxy) is 1. The molecule has 4 nitrogen and oxygen atoms in total. The van der Waals surface area contributed by atoms with E-state index in [1.807, 2.05) is 0 Å². The number of nitrogens with one attached hydrogen (secondary N) is 1. The number of hydrogen-bond donors (Lipinski definition) is 2. The minimum absolute atomic E-state index is 0.159. The maximum Gasteiger partial charge on any atom is 0.306 e. The Labute approximate surface area is 100 Å². The molecule has 0 spiro atoms. The number of carboxylic acid groups (broad SMARTS) is 1. The van der Waals surface area contributed by atoms with Crippen molar-refractivity contribution in [3.63, 3.8) is 0 Å². The number of piperidine rings is 1. The minimum atomic E-state index is -0.723. The summed E-state index contributed by atoms with van der Waals surface area (Å²) in [7, 11) is 1.70. The zero-order chi connectivity index (χ0) is 11.7. The number of rotatable bonds is 2. The summed E-state index contributed by atoms with van der Waals surface area (Å²) in [4.78, 5) is 11.2. The molecule has 0 aromatic carbocycles. The molecule has 1 saturated carbocycles. The monoisotopic (exact) mass is 247 g/mol. The summed E-state index contributed by atoms with van der Waals surface area (Å²) in [6, 6.07) is 0.240. The van der Waals surface area contributed by atoms with Crippen molar-refractivity contribution in [3.8, 4) is 0 Å². The highest BCUT2D eigenvalue weighted by Gasteiger charge is 2.43. The van der Waals surface area contributed by atoms with Crippen molar-refractivity contribution in [2.45, 2.75) is 43.3 Å². The lowest BCUT2D eigenvalue weighted by Crippen LogP contribution is -2.54. The van der Waals surface area contributed by atoms with Gasteiger partial charge in [-0.3, -0.25) is 10.1 Å². The van der Waals surface area contributed by atoms with Crippen LogP contribution in [-0.2, 0) is 9.53 Å². The average molecular weight is 248 g/mol. The maximum atomic E-state index is 11.2. The van der Waals surface area contributed by atoms with E-state index >= 15 is 0 Å². The van der Waals surface area contributed by atoms with Gasteiger partial charge in [0.15, 0.2) is 0 Å². The molecule has 92 valence electrons. The van der Waals surface area contributed by atoms with Gasteiger partial charge in [-0.1, -0.05) is 0 Å².